The number of carbonyl (C=O) groups excluding carboxylic acids is 1. The Bertz CT molecular complexity index is 1440. The van der Waals surface area contributed by atoms with Gasteiger partial charge < -0.3 is 29.7 Å². The summed E-state index contributed by atoms with van der Waals surface area (Å²) in [6.45, 7) is 0.436. The molecule has 8 nitrogen and oxygen atoms in total. The van der Waals surface area contributed by atoms with Crippen LogP contribution in [-0.2, 0) is 4.79 Å². The van der Waals surface area contributed by atoms with Crippen LogP contribution >= 0.6 is 12.2 Å². The molecule has 9 heteroatoms. The highest BCUT2D eigenvalue weighted by Gasteiger charge is 2.41. The second kappa shape index (κ2) is 11.6. The third kappa shape index (κ3) is 5.58. The van der Waals surface area contributed by atoms with Crippen LogP contribution in [0.2, 0.25) is 0 Å². The van der Waals surface area contributed by atoms with E-state index in [-0.39, 0.29) is 24.4 Å². The second-order valence-electron chi connectivity index (χ2n) is 9.53. The van der Waals surface area contributed by atoms with Crippen LogP contribution in [0.5, 0.6) is 5.75 Å². The van der Waals surface area contributed by atoms with E-state index in [1.54, 1.807) is 13.3 Å². The number of methoxy groups -OCH3 is 1. The van der Waals surface area contributed by atoms with E-state index in [1.807, 2.05) is 62.6 Å². The summed E-state index contributed by atoms with van der Waals surface area (Å²) in [5, 5.41) is 7.04. The van der Waals surface area contributed by atoms with Crippen molar-refractivity contribution in [1.29, 1.82) is 0 Å². The van der Waals surface area contributed by atoms with Gasteiger partial charge in [-0.25, -0.2) is 0 Å². The fourth-order valence-electron chi connectivity index (χ4n) is 4.93. The molecule has 2 atom stereocenters. The van der Waals surface area contributed by atoms with Crippen LogP contribution in [-0.4, -0.2) is 53.2 Å². The van der Waals surface area contributed by atoms with Gasteiger partial charge in [0.2, 0.25) is 5.91 Å². The Kier molecular flexibility index (Phi) is 7.79. The molecule has 1 aliphatic heterocycles. The van der Waals surface area contributed by atoms with E-state index in [0.29, 0.717) is 23.1 Å². The van der Waals surface area contributed by atoms with Gasteiger partial charge in [-0.05, 0) is 72.9 Å². The Morgan fingerprint density at radius 1 is 1.05 bits per heavy atom. The van der Waals surface area contributed by atoms with Gasteiger partial charge in [-0.1, -0.05) is 18.2 Å². The second-order valence-corrected chi connectivity index (χ2v) is 9.92. The number of benzene rings is 2. The number of para-hydroxylation sites is 2. The summed E-state index contributed by atoms with van der Waals surface area (Å²) < 4.78 is 7.56. The number of thiocarbonyl (C=S) groups is 1. The molecule has 39 heavy (non-hydrogen) atoms. The fourth-order valence-corrected chi connectivity index (χ4v) is 5.26. The summed E-state index contributed by atoms with van der Waals surface area (Å²) in [6, 6.07) is 25.5. The molecule has 0 bridgehead atoms. The summed E-state index contributed by atoms with van der Waals surface area (Å²) in [4.78, 5) is 21.8. The molecule has 5 rings (SSSR count). The summed E-state index contributed by atoms with van der Waals surface area (Å²) in [5.41, 5.74) is 4.77. The topological polar surface area (TPSA) is 74.7 Å². The van der Waals surface area contributed by atoms with Gasteiger partial charge in [0.25, 0.3) is 0 Å². The number of aromatic nitrogens is 2. The zero-order valence-corrected chi connectivity index (χ0v) is 23.1. The van der Waals surface area contributed by atoms with Gasteiger partial charge in [0.05, 0.1) is 30.6 Å². The van der Waals surface area contributed by atoms with E-state index >= 15 is 0 Å². The number of nitrogens with one attached hydrogen (secondary N) is 2. The predicted octanol–water partition coefficient (Wildman–Crippen LogP) is 4.95. The highest BCUT2D eigenvalue weighted by molar-refractivity contribution is 7.80. The first-order chi connectivity index (χ1) is 19.0. The maximum Gasteiger partial charge on any atom is 0.226 e. The lowest BCUT2D eigenvalue weighted by atomic mass is 10.0. The minimum Gasteiger partial charge on any atom is -0.495 e. The lowest BCUT2D eigenvalue weighted by Gasteiger charge is -2.29. The molecule has 1 amide bonds. The van der Waals surface area contributed by atoms with E-state index in [1.165, 1.54) is 0 Å². The predicted molar refractivity (Wildman–Crippen MR) is 158 cm³/mol. The van der Waals surface area contributed by atoms with Crippen molar-refractivity contribution in [1.82, 2.24) is 19.8 Å². The smallest absolute Gasteiger partial charge is 0.226 e. The molecule has 0 radical (unpaired) electrons. The zero-order valence-electron chi connectivity index (χ0n) is 22.2. The number of anilines is 2. The molecule has 0 saturated carbocycles. The summed E-state index contributed by atoms with van der Waals surface area (Å²) >= 11 is 5.82. The van der Waals surface area contributed by atoms with Crippen molar-refractivity contribution >= 4 is 34.6 Å². The van der Waals surface area contributed by atoms with E-state index in [2.05, 4.69) is 66.5 Å². The van der Waals surface area contributed by atoms with E-state index in [4.69, 9.17) is 17.0 Å². The molecular weight excluding hydrogens is 508 g/mol. The average Bonchev–Trinajstić information content (AvgIpc) is 3.57. The highest BCUT2D eigenvalue weighted by atomic mass is 32.1. The molecule has 2 aromatic carbocycles. The van der Waals surface area contributed by atoms with Gasteiger partial charge in [0.1, 0.15) is 5.75 Å². The molecule has 0 spiro atoms. The summed E-state index contributed by atoms with van der Waals surface area (Å²) in [6.07, 6.45) is 4.10. The van der Waals surface area contributed by atoms with Crippen molar-refractivity contribution in [2.45, 2.75) is 18.5 Å². The van der Waals surface area contributed by atoms with Crippen LogP contribution in [0.3, 0.4) is 0 Å². The maximum atomic E-state index is 13.0. The van der Waals surface area contributed by atoms with Crippen LogP contribution in [0.4, 0.5) is 11.4 Å². The van der Waals surface area contributed by atoms with Crippen LogP contribution in [0.25, 0.3) is 5.69 Å². The average molecular weight is 541 g/mol. The van der Waals surface area contributed by atoms with Crippen molar-refractivity contribution in [3.05, 3.63) is 103 Å². The fraction of sp³-hybridized carbons (Fsp3) is 0.233. The van der Waals surface area contributed by atoms with Crippen molar-refractivity contribution in [3.8, 4) is 11.4 Å². The van der Waals surface area contributed by atoms with Gasteiger partial charge in [-0.15, -0.1) is 0 Å². The summed E-state index contributed by atoms with van der Waals surface area (Å²) in [7, 11) is 5.64. The Hall–Kier alpha value is -4.37. The van der Waals surface area contributed by atoms with E-state index in [0.717, 1.165) is 22.8 Å². The number of ether oxygens (including phenoxy) is 1. The molecule has 0 unspecified atom stereocenters. The van der Waals surface area contributed by atoms with Crippen molar-refractivity contribution in [2.75, 3.05) is 38.0 Å². The minimum absolute atomic E-state index is 0.114. The van der Waals surface area contributed by atoms with Gasteiger partial charge >= 0.3 is 0 Å². The normalized spacial score (nSPS) is 16.6. The van der Waals surface area contributed by atoms with Crippen LogP contribution < -0.4 is 20.3 Å². The Balaban J connectivity index is 1.43. The SMILES string of the molecule is COc1ccccc1NC(=O)CCN1C(=S)N[C@@H](c2ccccn2)[C@H]1c1cccn1-c1ccc(N(C)C)cc1. The maximum absolute atomic E-state index is 13.0. The number of amides is 1. The van der Waals surface area contributed by atoms with Crippen molar-refractivity contribution in [2.24, 2.45) is 0 Å². The Morgan fingerprint density at radius 2 is 1.82 bits per heavy atom. The molecule has 1 aliphatic rings. The zero-order chi connectivity index (χ0) is 27.4. The standard InChI is InChI=1S/C30H32N6O2S/c1-34(2)21-13-15-22(16-14-21)35-19-8-11-25(35)29-28(24-10-6-7-18-31-24)33-30(39)36(29)20-17-27(37)32-23-9-4-5-12-26(23)38-3/h4-16,18-19,28-29H,17,20H2,1-3H3,(H,32,37)(H,33,39)/t28-,29+/m0/s1. The highest BCUT2D eigenvalue weighted by Crippen LogP contribution is 2.39. The number of pyridine rings is 1. The van der Waals surface area contributed by atoms with Gasteiger partial charge in [0, 0.05) is 56.5 Å². The molecule has 2 N–H and O–H groups in total. The minimum atomic E-state index is -0.175. The first kappa shape index (κ1) is 26.2. The van der Waals surface area contributed by atoms with Gasteiger partial charge in [-0.2, -0.15) is 0 Å². The summed E-state index contributed by atoms with van der Waals surface area (Å²) in [5.74, 6) is 0.507. The number of rotatable bonds is 9. The molecule has 1 fully saturated rings. The monoisotopic (exact) mass is 540 g/mol. The van der Waals surface area contributed by atoms with Gasteiger partial charge in [0.15, 0.2) is 5.11 Å². The number of hydrogen-bond acceptors (Lipinski definition) is 5. The third-order valence-corrected chi connectivity index (χ3v) is 7.24. The molecule has 4 aromatic rings. The van der Waals surface area contributed by atoms with Gasteiger partial charge in [-0.3, -0.25) is 9.78 Å². The Labute approximate surface area is 234 Å². The number of hydrogen-bond donors (Lipinski definition) is 2. The third-order valence-electron chi connectivity index (χ3n) is 6.89. The van der Waals surface area contributed by atoms with Crippen LogP contribution in [0.1, 0.15) is 29.9 Å². The molecule has 0 aliphatic carbocycles. The van der Waals surface area contributed by atoms with Crippen LogP contribution in [0.15, 0.2) is 91.3 Å². The van der Waals surface area contributed by atoms with Crippen LogP contribution in [0, 0.1) is 0 Å². The molecule has 2 aromatic heterocycles. The number of nitrogens with zero attached hydrogens (tertiary/aromatic N) is 4. The van der Waals surface area contributed by atoms with E-state index in [9.17, 15) is 4.79 Å². The first-order valence-electron chi connectivity index (χ1n) is 12.8. The molecular formula is C30H32N6O2S. The molecule has 200 valence electrons. The van der Waals surface area contributed by atoms with Crippen molar-refractivity contribution < 1.29 is 9.53 Å². The molecule has 1 saturated heterocycles. The Morgan fingerprint density at radius 3 is 2.54 bits per heavy atom. The lowest BCUT2D eigenvalue weighted by molar-refractivity contribution is -0.116. The lowest BCUT2D eigenvalue weighted by Crippen LogP contribution is -2.33. The molecule has 3 heterocycles. The first-order valence-corrected chi connectivity index (χ1v) is 13.2. The quantitative estimate of drug-likeness (QED) is 0.291. The van der Waals surface area contributed by atoms with E-state index < -0.39 is 0 Å². The van der Waals surface area contributed by atoms with Crippen molar-refractivity contribution in [3.63, 3.8) is 0 Å². The largest absolute Gasteiger partial charge is 0.495 e. The number of carbonyl (C=O) groups is 1.